The van der Waals surface area contributed by atoms with Crippen molar-refractivity contribution < 1.29 is 28.6 Å². The number of rotatable bonds is 5. The first kappa shape index (κ1) is 18.4. The molecular weight excluding hydrogens is 345 g/mol. The molecule has 2 heterocycles. The number of aliphatic hydroxyl groups is 1. The number of nitrogens with zero attached hydrogens (tertiary/aromatic N) is 3. The van der Waals surface area contributed by atoms with E-state index in [1.807, 2.05) is 0 Å². The van der Waals surface area contributed by atoms with Gasteiger partial charge >= 0.3 is 6.09 Å². The van der Waals surface area contributed by atoms with Gasteiger partial charge in [-0.1, -0.05) is 0 Å². The molecule has 2 atom stereocenters. The Balaban J connectivity index is 1.73. The van der Waals surface area contributed by atoms with Crippen LogP contribution in [0.15, 0.2) is 18.2 Å². The van der Waals surface area contributed by atoms with Crippen LogP contribution in [0.1, 0.15) is 6.92 Å². The molecular formula is C17H22FN3O5. The third kappa shape index (κ3) is 3.45. The molecule has 142 valence electrons. The van der Waals surface area contributed by atoms with Crippen molar-refractivity contribution in [2.75, 3.05) is 49.7 Å². The molecule has 1 unspecified atom stereocenters. The maximum atomic E-state index is 14.6. The second-order valence-electron chi connectivity index (χ2n) is 6.32. The molecule has 1 N–H and O–H groups in total. The van der Waals surface area contributed by atoms with Gasteiger partial charge in [-0.15, -0.1) is 0 Å². The van der Waals surface area contributed by atoms with Crippen LogP contribution in [0, 0.1) is 5.82 Å². The number of carbonyl (C=O) groups is 2. The molecule has 0 spiro atoms. The third-order valence-corrected chi connectivity index (χ3v) is 4.67. The molecule has 2 saturated heterocycles. The molecule has 2 amide bonds. The zero-order chi connectivity index (χ0) is 18.8. The monoisotopic (exact) mass is 367 g/mol. The molecule has 8 nitrogen and oxygen atoms in total. The van der Waals surface area contributed by atoms with Gasteiger partial charge in [-0.05, 0) is 25.1 Å². The lowest BCUT2D eigenvalue weighted by molar-refractivity contribution is -0.131. The van der Waals surface area contributed by atoms with Gasteiger partial charge in [0.25, 0.3) is 0 Å². The molecule has 9 heteroatoms. The quantitative estimate of drug-likeness (QED) is 0.828. The standard InChI is InChI=1S/C17H22FN3O5/c1-11-16(23)26-17(24)21(11)12-3-4-14(13(18)9-12)20-6-5-19(7-8-25-2)15(22)10-20/h3-4,9,11,16,23H,5-8,10H2,1-2H3/t11?,16-/m1/s1. The molecule has 0 radical (unpaired) electrons. The summed E-state index contributed by atoms with van der Waals surface area (Å²) >= 11 is 0. The molecule has 1 aromatic rings. The van der Waals surface area contributed by atoms with E-state index in [1.165, 1.54) is 17.0 Å². The highest BCUT2D eigenvalue weighted by Crippen LogP contribution is 2.30. The van der Waals surface area contributed by atoms with E-state index in [0.29, 0.717) is 37.6 Å². The van der Waals surface area contributed by atoms with Crippen LogP contribution in [0.25, 0.3) is 0 Å². The van der Waals surface area contributed by atoms with Crippen LogP contribution in [-0.4, -0.2) is 74.2 Å². The van der Waals surface area contributed by atoms with Gasteiger partial charge in [0.1, 0.15) is 5.82 Å². The van der Waals surface area contributed by atoms with E-state index < -0.39 is 24.2 Å². The van der Waals surface area contributed by atoms with Crippen LogP contribution in [0.5, 0.6) is 0 Å². The Kier molecular flexibility index (Phi) is 5.28. The van der Waals surface area contributed by atoms with Gasteiger partial charge in [0.15, 0.2) is 0 Å². The highest BCUT2D eigenvalue weighted by molar-refractivity contribution is 5.91. The predicted octanol–water partition coefficient (Wildman–Crippen LogP) is 0.784. The lowest BCUT2D eigenvalue weighted by Gasteiger charge is -2.35. The lowest BCUT2D eigenvalue weighted by atomic mass is 10.2. The third-order valence-electron chi connectivity index (χ3n) is 4.67. The number of anilines is 2. The summed E-state index contributed by atoms with van der Waals surface area (Å²) in [5.41, 5.74) is 0.597. The number of halogens is 1. The van der Waals surface area contributed by atoms with Crippen LogP contribution in [0.4, 0.5) is 20.6 Å². The van der Waals surface area contributed by atoms with Gasteiger partial charge in [-0.25, -0.2) is 9.18 Å². The van der Waals surface area contributed by atoms with Crippen molar-refractivity contribution in [2.45, 2.75) is 19.3 Å². The molecule has 26 heavy (non-hydrogen) atoms. The number of benzene rings is 1. The fourth-order valence-corrected chi connectivity index (χ4v) is 3.15. The van der Waals surface area contributed by atoms with E-state index in [4.69, 9.17) is 9.47 Å². The zero-order valence-electron chi connectivity index (χ0n) is 14.7. The summed E-state index contributed by atoms with van der Waals surface area (Å²) in [6.07, 6.45) is -1.97. The van der Waals surface area contributed by atoms with Crippen LogP contribution in [0.2, 0.25) is 0 Å². The Morgan fingerprint density at radius 1 is 1.35 bits per heavy atom. The summed E-state index contributed by atoms with van der Waals surface area (Å²) < 4.78 is 24.4. The number of cyclic esters (lactones) is 1. The molecule has 0 aliphatic carbocycles. The van der Waals surface area contributed by atoms with Crippen LogP contribution in [0.3, 0.4) is 0 Å². The first-order chi connectivity index (χ1) is 12.4. The van der Waals surface area contributed by atoms with E-state index in [9.17, 15) is 19.1 Å². The number of piperazine rings is 1. The number of carbonyl (C=O) groups excluding carboxylic acids is 2. The van der Waals surface area contributed by atoms with Crippen molar-refractivity contribution in [1.29, 1.82) is 0 Å². The van der Waals surface area contributed by atoms with Gasteiger partial charge in [0.05, 0.1) is 30.6 Å². The number of methoxy groups -OCH3 is 1. The SMILES string of the molecule is COCCN1CCN(c2ccc(N3C(=O)O[C@@H](O)C3C)cc2F)CC1=O. The maximum absolute atomic E-state index is 14.6. The lowest BCUT2D eigenvalue weighted by Crippen LogP contribution is -2.51. The molecule has 2 aliphatic heterocycles. The Hall–Kier alpha value is -2.39. The smallest absolute Gasteiger partial charge is 0.417 e. The van der Waals surface area contributed by atoms with Crippen molar-refractivity contribution >= 4 is 23.4 Å². The van der Waals surface area contributed by atoms with Gasteiger partial charge < -0.3 is 24.4 Å². The van der Waals surface area contributed by atoms with Gasteiger partial charge in [-0.3, -0.25) is 9.69 Å². The minimum atomic E-state index is -1.25. The normalized spacial score (nSPS) is 23.6. The maximum Gasteiger partial charge on any atom is 0.417 e. The van der Waals surface area contributed by atoms with Gasteiger partial charge in [0, 0.05) is 26.7 Å². The van der Waals surface area contributed by atoms with Crippen LogP contribution < -0.4 is 9.80 Å². The first-order valence-electron chi connectivity index (χ1n) is 8.41. The average molecular weight is 367 g/mol. The van der Waals surface area contributed by atoms with Crippen molar-refractivity contribution in [3.8, 4) is 0 Å². The molecule has 2 aliphatic rings. The Morgan fingerprint density at radius 3 is 2.69 bits per heavy atom. The number of aliphatic hydroxyl groups excluding tert-OH is 1. The van der Waals surface area contributed by atoms with Crippen molar-refractivity contribution in [3.05, 3.63) is 24.0 Å². The predicted molar refractivity (Wildman–Crippen MR) is 91.5 cm³/mol. The molecule has 0 saturated carbocycles. The second-order valence-corrected chi connectivity index (χ2v) is 6.32. The summed E-state index contributed by atoms with van der Waals surface area (Å²) in [7, 11) is 1.58. The van der Waals surface area contributed by atoms with Crippen molar-refractivity contribution in [1.82, 2.24) is 4.90 Å². The zero-order valence-corrected chi connectivity index (χ0v) is 14.7. The van der Waals surface area contributed by atoms with E-state index in [1.54, 1.807) is 29.9 Å². The molecule has 1 aromatic carbocycles. The highest BCUT2D eigenvalue weighted by atomic mass is 19.1. The molecule has 0 bridgehead atoms. The number of hydrogen-bond acceptors (Lipinski definition) is 6. The fraction of sp³-hybridized carbons (Fsp3) is 0.529. The van der Waals surface area contributed by atoms with E-state index in [0.717, 1.165) is 0 Å². The summed E-state index contributed by atoms with van der Waals surface area (Å²) in [5, 5.41) is 9.61. The van der Waals surface area contributed by atoms with Gasteiger partial charge in [-0.2, -0.15) is 0 Å². The fourth-order valence-electron chi connectivity index (χ4n) is 3.15. The minimum Gasteiger partial charge on any atom is -0.417 e. The summed E-state index contributed by atoms with van der Waals surface area (Å²) in [4.78, 5) is 28.6. The van der Waals surface area contributed by atoms with Crippen LogP contribution in [-0.2, 0) is 14.3 Å². The van der Waals surface area contributed by atoms with E-state index in [-0.39, 0.29) is 12.5 Å². The number of amides is 2. The van der Waals surface area contributed by atoms with Gasteiger partial charge in [0.2, 0.25) is 12.2 Å². The van der Waals surface area contributed by atoms with E-state index in [2.05, 4.69) is 0 Å². The summed E-state index contributed by atoms with van der Waals surface area (Å²) in [6.45, 7) is 3.67. The van der Waals surface area contributed by atoms with Crippen molar-refractivity contribution in [3.63, 3.8) is 0 Å². The Morgan fingerprint density at radius 2 is 2.12 bits per heavy atom. The number of ether oxygens (including phenoxy) is 2. The largest absolute Gasteiger partial charge is 0.417 e. The molecule has 2 fully saturated rings. The summed E-state index contributed by atoms with van der Waals surface area (Å²) in [5.74, 6) is -0.626. The van der Waals surface area contributed by atoms with Crippen molar-refractivity contribution in [2.24, 2.45) is 0 Å². The second kappa shape index (κ2) is 7.46. The molecule has 3 rings (SSSR count). The summed E-state index contributed by atoms with van der Waals surface area (Å²) in [6, 6.07) is 3.72. The topological polar surface area (TPSA) is 82.6 Å². The number of hydrogen-bond donors (Lipinski definition) is 1. The Labute approximate surface area is 150 Å². The first-order valence-corrected chi connectivity index (χ1v) is 8.41. The highest BCUT2D eigenvalue weighted by Gasteiger charge is 2.39. The average Bonchev–Trinajstić information content (AvgIpc) is 2.86. The Bertz CT molecular complexity index is 701. The van der Waals surface area contributed by atoms with E-state index >= 15 is 0 Å². The van der Waals surface area contributed by atoms with Crippen LogP contribution >= 0.6 is 0 Å². The molecule has 0 aromatic heterocycles. The minimum absolute atomic E-state index is 0.0842.